The van der Waals surface area contributed by atoms with Gasteiger partial charge in [0.15, 0.2) is 0 Å². The van der Waals surface area contributed by atoms with Crippen molar-refractivity contribution < 1.29 is 9.84 Å². The molecule has 3 atom stereocenters. The van der Waals surface area contributed by atoms with Crippen LogP contribution in [0.25, 0.3) is 0 Å². The zero-order chi connectivity index (χ0) is 11.7. The number of nitrogens with zero attached hydrogens (tertiary/aromatic N) is 2. The minimum Gasteiger partial charge on any atom is -0.391 e. The minimum atomic E-state index is -0.184. The summed E-state index contributed by atoms with van der Waals surface area (Å²) in [5, 5.41) is 10.1. The second-order valence-corrected chi connectivity index (χ2v) is 5.68. The van der Waals surface area contributed by atoms with E-state index in [1.807, 2.05) is 0 Å². The Balaban J connectivity index is 1.65. The van der Waals surface area contributed by atoms with E-state index in [0.29, 0.717) is 6.61 Å². The lowest BCUT2D eigenvalue weighted by molar-refractivity contribution is -0.0622. The average Bonchev–Trinajstić information content (AvgIpc) is 2.68. The van der Waals surface area contributed by atoms with Crippen LogP contribution in [-0.2, 0) is 4.74 Å². The van der Waals surface area contributed by atoms with Crippen molar-refractivity contribution in [3.8, 4) is 0 Å². The Morgan fingerprint density at radius 3 is 2.71 bits per heavy atom. The molecule has 3 rings (SSSR count). The monoisotopic (exact) mass is 240 g/mol. The molecule has 3 unspecified atom stereocenters. The fourth-order valence-electron chi connectivity index (χ4n) is 3.60. The second-order valence-electron chi connectivity index (χ2n) is 5.68. The Morgan fingerprint density at radius 2 is 1.82 bits per heavy atom. The first-order valence-electron chi connectivity index (χ1n) is 7.08. The quantitative estimate of drug-likeness (QED) is 0.715. The molecule has 17 heavy (non-hydrogen) atoms. The molecule has 0 aromatic rings. The van der Waals surface area contributed by atoms with Gasteiger partial charge in [0.25, 0.3) is 0 Å². The maximum Gasteiger partial charge on any atom is 0.0739 e. The van der Waals surface area contributed by atoms with Gasteiger partial charge in [-0.05, 0) is 45.3 Å². The molecular weight excluding hydrogens is 216 g/mol. The number of fused-ring (bicyclic) bond motifs is 1. The summed E-state index contributed by atoms with van der Waals surface area (Å²) in [4.78, 5) is 5.12. The average molecular weight is 240 g/mol. The Labute approximate surface area is 104 Å². The molecule has 3 heterocycles. The van der Waals surface area contributed by atoms with Gasteiger partial charge in [-0.3, -0.25) is 9.80 Å². The molecule has 0 saturated carbocycles. The minimum absolute atomic E-state index is 0.184. The summed E-state index contributed by atoms with van der Waals surface area (Å²) in [5.74, 6) is 0. The SMILES string of the molecule is OC1CCOCC1N1CCCN2CCCC2C1. The van der Waals surface area contributed by atoms with Gasteiger partial charge < -0.3 is 9.84 Å². The molecule has 0 radical (unpaired) electrons. The van der Waals surface area contributed by atoms with E-state index in [2.05, 4.69) is 9.80 Å². The van der Waals surface area contributed by atoms with E-state index in [9.17, 15) is 5.11 Å². The summed E-state index contributed by atoms with van der Waals surface area (Å²) in [5.41, 5.74) is 0. The van der Waals surface area contributed by atoms with Crippen molar-refractivity contribution in [3.05, 3.63) is 0 Å². The van der Waals surface area contributed by atoms with Crippen LogP contribution >= 0.6 is 0 Å². The molecule has 3 fully saturated rings. The summed E-state index contributed by atoms with van der Waals surface area (Å²) in [6.07, 6.45) is 4.54. The normalized spacial score (nSPS) is 41.1. The lowest BCUT2D eigenvalue weighted by Crippen LogP contribution is -2.52. The highest BCUT2D eigenvalue weighted by Gasteiger charge is 2.35. The van der Waals surface area contributed by atoms with E-state index in [1.165, 1.54) is 32.4 Å². The molecule has 3 aliphatic rings. The summed E-state index contributed by atoms with van der Waals surface area (Å²) in [7, 11) is 0. The smallest absolute Gasteiger partial charge is 0.0739 e. The lowest BCUT2D eigenvalue weighted by Gasteiger charge is -2.38. The molecule has 1 N–H and O–H groups in total. The largest absolute Gasteiger partial charge is 0.391 e. The molecule has 4 nitrogen and oxygen atoms in total. The van der Waals surface area contributed by atoms with E-state index < -0.39 is 0 Å². The van der Waals surface area contributed by atoms with Crippen LogP contribution in [0.5, 0.6) is 0 Å². The summed E-state index contributed by atoms with van der Waals surface area (Å²) in [6.45, 7) is 6.21. The fraction of sp³-hybridized carbons (Fsp3) is 1.00. The second kappa shape index (κ2) is 5.22. The predicted molar refractivity (Wildman–Crippen MR) is 66.0 cm³/mol. The van der Waals surface area contributed by atoms with Crippen molar-refractivity contribution in [3.63, 3.8) is 0 Å². The molecule has 0 bridgehead atoms. The van der Waals surface area contributed by atoms with Crippen molar-refractivity contribution in [2.75, 3.05) is 39.4 Å². The topological polar surface area (TPSA) is 35.9 Å². The number of rotatable bonds is 1. The molecule has 0 aromatic heterocycles. The van der Waals surface area contributed by atoms with Gasteiger partial charge in [-0.1, -0.05) is 0 Å². The summed E-state index contributed by atoms with van der Waals surface area (Å²) < 4.78 is 5.54. The molecule has 0 amide bonds. The fourth-order valence-corrected chi connectivity index (χ4v) is 3.60. The van der Waals surface area contributed by atoms with E-state index in [0.717, 1.165) is 32.2 Å². The third-order valence-corrected chi connectivity index (χ3v) is 4.59. The van der Waals surface area contributed by atoms with Gasteiger partial charge in [0.05, 0.1) is 18.8 Å². The van der Waals surface area contributed by atoms with E-state index >= 15 is 0 Å². The molecule has 3 saturated heterocycles. The van der Waals surface area contributed by atoms with Crippen LogP contribution in [0, 0.1) is 0 Å². The predicted octanol–water partition coefficient (Wildman–Crippen LogP) is 0.306. The first kappa shape index (κ1) is 11.9. The van der Waals surface area contributed by atoms with Crippen LogP contribution in [0.2, 0.25) is 0 Å². The Morgan fingerprint density at radius 1 is 1.00 bits per heavy atom. The highest BCUT2D eigenvalue weighted by atomic mass is 16.5. The van der Waals surface area contributed by atoms with E-state index in [4.69, 9.17) is 4.74 Å². The molecule has 0 aromatic carbocycles. The van der Waals surface area contributed by atoms with E-state index in [1.54, 1.807) is 0 Å². The van der Waals surface area contributed by atoms with Crippen LogP contribution in [-0.4, -0.2) is 72.5 Å². The highest BCUT2D eigenvalue weighted by molar-refractivity contribution is 4.90. The maximum atomic E-state index is 10.1. The highest BCUT2D eigenvalue weighted by Crippen LogP contribution is 2.24. The maximum absolute atomic E-state index is 10.1. The standard InChI is InChI=1S/C13H24N2O2/c16-13-4-8-17-10-12(13)15-7-2-6-14-5-1-3-11(14)9-15/h11-13,16H,1-10H2. The summed E-state index contributed by atoms with van der Waals surface area (Å²) in [6, 6.07) is 0.968. The van der Waals surface area contributed by atoms with Crippen LogP contribution in [0.4, 0.5) is 0 Å². The lowest BCUT2D eigenvalue weighted by atomic mass is 10.0. The van der Waals surface area contributed by atoms with E-state index in [-0.39, 0.29) is 12.1 Å². The van der Waals surface area contributed by atoms with Gasteiger partial charge >= 0.3 is 0 Å². The summed E-state index contributed by atoms with van der Waals surface area (Å²) >= 11 is 0. The zero-order valence-electron chi connectivity index (χ0n) is 10.6. The van der Waals surface area contributed by atoms with Gasteiger partial charge in [-0.2, -0.15) is 0 Å². The van der Waals surface area contributed by atoms with Crippen LogP contribution in [0.15, 0.2) is 0 Å². The first-order valence-corrected chi connectivity index (χ1v) is 7.08. The molecule has 0 aliphatic carbocycles. The van der Waals surface area contributed by atoms with Gasteiger partial charge in [0.2, 0.25) is 0 Å². The number of aliphatic hydroxyl groups excluding tert-OH is 1. The van der Waals surface area contributed by atoms with Gasteiger partial charge in [-0.25, -0.2) is 0 Å². The van der Waals surface area contributed by atoms with Crippen molar-refractivity contribution in [1.82, 2.24) is 9.80 Å². The Kier molecular flexibility index (Phi) is 3.66. The van der Waals surface area contributed by atoms with Gasteiger partial charge in [-0.15, -0.1) is 0 Å². The van der Waals surface area contributed by atoms with Gasteiger partial charge in [0, 0.05) is 19.2 Å². The molecule has 98 valence electrons. The van der Waals surface area contributed by atoms with Gasteiger partial charge in [0.1, 0.15) is 0 Å². The van der Waals surface area contributed by atoms with Crippen LogP contribution in [0.1, 0.15) is 25.7 Å². The van der Waals surface area contributed by atoms with Crippen molar-refractivity contribution in [2.24, 2.45) is 0 Å². The third-order valence-electron chi connectivity index (χ3n) is 4.59. The third kappa shape index (κ3) is 2.50. The molecule has 3 aliphatic heterocycles. The Bertz CT molecular complexity index is 262. The number of aliphatic hydroxyl groups is 1. The molecule has 4 heteroatoms. The number of ether oxygens (including phenoxy) is 1. The van der Waals surface area contributed by atoms with Crippen molar-refractivity contribution in [1.29, 1.82) is 0 Å². The van der Waals surface area contributed by atoms with Crippen LogP contribution < -0.4 is 0 Å². The Hall–Kier alpha value is -0.160. The number of hydrogen-bond acceptors (Lipinski definition) is 4. The molecule has 0 spiro atoms. The number of hydrogen-bond donors (Lipinski definition) is 1. The molecular formula is C13H24N2O2. The van der Waals surface area contributed by atoms with Crippen molar-refractivity contribution >= 4 is 0 Å². The van der Waals surface area contributed by atoms with Crippen molar-refractivity contribution in [2.45, 2.75) is 43.9 Å². The zero-order valence-corrected chi connectivity index (χ0v) is 10.6. The first-order chi connectivity index (χ1) is 8.34. The van der Waals surface area contributed by atoms with Crippen LogP contribution in [0.3, 0.4) is 0 Å².